The lowest BCUT2D eigenvalue weighted by Gasteiger charge is -2.10. The summed E-state index contributed by atoms with van der Waals surface area (Å²) in [6, 6.07) is 23.4. The second-order valence-corrected chi connectivity index (χ2v) is 7.89. The minimum atomic E-state index is -0.558. The molecule has 4 aromatic rings. The standard InChI is InChI=1S/C25H17Cl2N5O2/c26-19-11-10-18(21(27)12-19)15-34-22-9-5-4-8-17(22)14-29-32-25-30-23(16-6-2-1-3-7-16)20(13-28)24(33)31-25/h1-12,14H,15H2,(H2,30,31,32,33). The number of rotatable bonds is 7. The van der Waals surface area contributed by atoms with E-state index in [2.05, 4.69) is 20.5 Å². The van der Waals surface area contributed by atoms with Gasteiger partial charge in [-0.2, -0.15) is 10.4 Å². The van der Waals surface area contributed by atoms with Crippen LogP contribution in [0.3, 0.4) is 0 Å². The molecule has 0 amide bonds. The summed E-state index contributed by atoms with van der Waals surface area (Å²) in [6.45, 7) is 0.249. The summed E-state index contributed by atoms with van der Waals surface area (Å²) in [7, 11) is 0. The zero-order valence-electron chi connectivity index (χ0n) is 17.6. The van der Waals surface area contributed by atoms with Crippen molar-refractivity contribution in [2.75, 3.05) is 5.43 Å². The van der Waals surface area contributed by atoms with Crippen LogP contribution in [0, 0.1) is 11.3 Å². The van der Waals surface area contributed by atoms with Gasteiger partial charge >= 0.3 is 0 Å². The normalized spacial score (nSPS) is 10.7. The van der Waals surface area contributed by atoms with Crippen LogP contribution in [0.1, 0.15) is 16.7 Å². The van der Waals surface area contributed by atoms with Crippen LogP contribution in [0.4, 0.5) is 5.95 Å². The molecule has 168 valence electrons. The monoisotopic (exact) mass is 489 g/mol. The van der Waals surface area contributed by atoms with Crippen molar-refractivity contribution in [1.82, 2.24) is 9.97 Å². The second kappa shape index (κ2) is 10.7. The predicted octanol–water partition coefficient (Wildman–Crippen LogP) is 5.64. The lowest BCUT2D eigenvalue weighted by molar-refractivity contribution is 0.306. The first kappa shape index (κ1) is 23.1. The summed E-state index contributed by atoms with van der Waals surface area (Å²) in [5.74, 6) is 0.691. The number of hydrazone groups is 1. The first-order valence-corrected chi connectivity index (χ1v) is 10.9. The molecule has 0 unspecified atom stereocenters. The van der Waals surface area contributed by atoms with Crippen molar-refractivity contribution in [1.29, 1.82) is 5.26 Å². The van der Waals surface area contributed by atoms with E-state index in [9.17, 15) is 10.1 Å². The van der Waals surface area contributed by atoms with Crippen LogP contribution in [0.15, 0.2) is 82.7 Å². The molecule has 1 aromatic heterocycles. The quantitative estimate of drug-likeness (QED) is 0.258. The zero-order valence-corrected chi connectivity index (χ0v) is 19.1. The number of anilines is 1. The van der Waals surface area contributed by atoms with E-state index in [1.807, 2.05) is 30.3 Å². The average Bonchev–Trinajstić information content (AvgIpc) is 2.84. The number of halogens is 2. The number of para-hydroxylation sites is 1. The molecule has 0 atom stereocenters. The van der Waals surface area contributed by atoms with Gasteiger partial charge in [-0.05, 0) is 24.3 Å². The third-order valence-electron chi connectivity index (χ3n) is 4.77. The van der Waals surface area contributed by atoms with Crippen molar-refractivity contribution in [3.63, 3.8) is 0 Å². The van der Waals surface area contributed by atoms with Gasteiger partial charge in [0, 0.05) is 26.7 Å². The summed E-state index contributed by atoms with van der Waals surface area (Å²) < 4.78 is 5.92. The lowest BCUT2D eigenvalue weighted by Crippen LogP contribution is -2.16. The molecule has 0 spiro atoms. The summed E-state index contributed by atoms with van der Waals surface area (Å²) in [4.78, 5) is 19.3. The molecule has 0 aliphatic rings. The molecule has 0 fully saturated rings. The van der Waals surface area contributed by atoms with Gasteiger partial charge in [-0.15, -0.1) is 0 Å². The van der Waals surface area contributed by atoms with Gasteiger partial charge in [0.1, 0.15) is 24.0 Å². The van der Waals surface area contributed by atoms with Crippen LogP contribution in [0.5, 0.6) is 5.75 Å². The molecule has 0 bridgehead atoms. The van der Waals surface area contributed by atoms with Crippen molar-refractivity contribution in [3.8, 4) is 23.1 Å². The average molecular weight is 490 g/mol. The Labute approximate surface area is 205 Å². The summed E-state index contributed by atoms with van der Waals surface area (Å²) in [5, 5.41) is 14.6. The maximum atomic E-state index is 12.4. The fourth-order valence-electron chi connectivity index (χ4n) is 3.11. The molecule has 1 heterocycles. The Balaban J connectivity index is 1.53. The highest BCUT2D eigenvalue weighted by atomic mass is 35.5. The van der Waals surface area contributed by atoms with Gasteiger partial charge in [0.2, 0.25) is 5.95 Å². The summed E-state index contributed by atoms with van der Waals surface area (Å²) in [5.41, 5.74) is 4.50. The molecular weight excluding hydrogens is 473 g/mol. The van der Waals surface area contributed by atoms with E-state index in [-0.39, 0.29) is 23.8 Å². The third kappa shape index (κ3) is 5.44. The minimum Gasteiger partial charge on any atom is -0.488 e. The van der Waals surface area contributed by atoms with E-state index >= 15 is 0 Å². The molecule has 34 heavy (non-hydrogen) atoms. The van der Waals surface area contributed by atoms with Gasteiger partial charge in [-0.1, -0.05) is 71.7 Å². The molecule has 9 heteroatoms. The van der Waals surface area contributed by atoms with E-state index < -0.39 is 5.56 Å². The predicted molar refractivity (Wildman–Crippen MR) is 133 cm³/mol. The van der Waals surface area contributed by atoms with Gasteiger partial charge in [-0.3, -0.25) is 9.78 Å². The number of hydrogen-bond donors (Lipinski definition) is 2. The van der Waals surface area contributed by atoms with E-state index in [4.69, 9.17) is 27.9 Å². The number of nitriles is 1. The molecule has 2 N–H and O–H groups in total. The molecular formula is C25H17Cl2N5O2. The van der Waals surface area contributed by atoms with Crippen molar-refractivity contribution < 1.29 is 4.74 Å². The first-order valence-electron chi connectivity index (χ1n) is 10.1. The Bertz CT molecular complexity index is 1450. The molecule has 7 nitrogen and oxygen atoms in total. The van der Waals surface area contributed by atoms with Crippen molar-refractivity contribution >= 4 is 35.4 Å². The molecule has 4 rings (SSSR count). The number of H-pyrrole nitrogens is 1. The fourth-order valence-corrected chi connectivity index (χ4v) is 3.57. The topological polar surface area (TPSA) is 103 Å². The molecule has 0 aliphatic heterocycles. The van der Waals surface area contributed by atoms with Gasteiger partial charge in [0.05, 0.1) is 11.9 Å². The second-order valence-electron chi connectivity index (χ2n) is 7.05. The van der Waals surface area contributed by atoms with Crippen molar-refractivity contribution in [2.24, 2.45) is 5.10 Å². The maximum Gasteiger partial charge on any atom is 0.270 e. The Morgan fingerprint density at radius 2 is 1.85 bits per heavy atom. The van der Waals surface area contributed by atoms with Gasteiger partial charge in [-0.25, -0.2) is 10.4 Å². The van der Waals surface area contributed by atoms with Gasteiger partial charge < -0.3 is 4.74 Å². The zero-order chi connectivity index (χ0) is 23.9. The lowest BCUT2D eigenvalue weighted by atomic mass is 10.1. The number of aromatic amines is 1. The van der Waals surface area contributed by atoms with Crippen molar-refractivity contribution in [2.45, 2.75) is 6.61 Å². The Hall–Kier alpha value is -4.12. The van der Waals surface area contributed by atoms with Crippen LogP contribution < -0.4 is 15.7 Å². The Kier molecular flexibility index (Phi) is 7.23. The molecule has 0 aliphatic carbocycles. The smallest absolute Gasteiger partial charge is 0.270 e. The number of ether oxygens (including phenoxy) is 1. The highest BCUT2D eigenvalue weighted by molar-refractivity contribution is 6.35. The van der Waals surface area contributed by atoms with Crippen molar-refractivity contribution in [3.05, 3.63) is 110 Å². The van der Waals surface area contributed by atoms with E-state index in [1.165, 1.54) is 0 Å². The number of nitrogens with zero attached hydrogens (tertiary/aromatic N) is 3. The molecule has 0 saturated heterocycles. The fraction of sp³-hybridized carbons (Fsp3) is 0.0400. The minimum absolute atomic E-state index is 0.0691. The van der Waals surface area contributed by atoms with Gasteiger partial charge in [0.15, 0.2) is 0 Å². The highest BCUT2D eigenvalue weighted by Gasteiger charge is 2.13. The van der Waals surface area contributed by atoms with Crippen LogP contribution in [-0.4, -0.2) is 16.2 Å². The molecule has 0 radical (unpaired) electrons. The van der Waals surface area contributed by atoms with Crippen LogP contribution in [0.25, 0.3) is 11.3 Å². The van der Waals surface area contributed by atoms with E-state index in [1.54, 1.807) is 54.7 Å². The first-order chi connectivity index (χ1) is 16.5. The number of nitrogens with one attached hydrogen (secondary N) is 2. The van der Waals surface area contributed by atoms with Crippen LogP contribution in [0.2, 0.25) is 10.0 Å². The Morgan fingerprint density at radius 3 is 2.62 bits per heavy atom. The molecule has 3 aromatic carbocycles. The van der Waals surface area contributed by atoms with Gasteiger partial charge in [0.25, 0.3) is 5.56 Å². The number of aromatic nitrogens is 2. The summed E-state index contributed by atoms with van der Waals surface area (Å²) >= 11 is 12.2. The highest BCUT2D eigenvalue weighted by Crippen LogP contribution is 2.24. The largest absolute Gasteiger partial charge is 0.488 e. The van der Waals surface area contributed by atoms with Crippen LogP contribution >= 0.6 is 23.2 Å². The Morgan fingerprint density at radius 1 is 1.09 bits per heavy atom. The third-order valence-corrected chi connectivity index (χ3v) is 5.36. The maximum absolute atomic E-state index is 12.4. The van der Waals surface area contributed by atoms with E-state index in [0.29, 0.717) is 26.9 Å². The van der Waals surface area contributed by atoms with E-state index in [0.717, 1.165) is 5.56 Å². The SMILES string of the molecule is N#Cc1c(-c2ccccc2)nc(NN=Cc2ccccc2OCc2ccc(Cl)cc2Cl)[nH]c1=O. The number of hydrogen-bond acceptors (Lipinski definition) is 6. The number of benzene rings is 3. The van der Waals surface area contributed by atoms with Crippen LogP contribution in [-0.2, 0) is 6.61 Å². The summed E-state index contributed by atoms with van der Waals surface area (Å²) in [6.07, 6.45) is 1.54. The molecule has 0 saturated carbocycles.